The number of hydrogen-bond acceptors (Lipinski definition) is 7. The maximum absolute atomic E-state index is 10.7. The molecule has 2 aromatic carbocycles. The maximum Gasteiger partial charge on any atom is 0.269 e. The van der Waals surface area contributed by atoms with Crippen LogP contribution in [-0.2, 0) is 6.54 Å². The van der Waals surface area contributed by atoms with Gasteiger partial charge in [0.1, 0.15) is 0 Å². The molecule has 0 atom stereocenters. The van der Waals surface area contributed by atoms with Crippen molar-refractivity contribution in [1.29, 1.82) is 0 Å². The Hall–Kier alpha value is -3.81. The van der Waals surface area contributed by atoms with Crippen LogP contribution in [0.3, 0.4) is 0 Å². The molecule has 0 bridgehead atoms. The van der Waals surface area contributed by atoms with E-state index in [1.807, 2.05) is 44.2 Å². The van der Waals surface area contributed by atoms with Gasteiger partial charge in [-0.05, 0) is 37.1 Å². The van der Waals surface area contributed by atoms with Crippen molar-refractivity contribution in [1.82, 2.24) is 9.97 Å². The van der Waals surface area contributed by atoms with Crippen LogP contribution in [0.5, 0.6) is 0 Å². The molecule has 0 aliphatic rings. The highest BCUT2D eigenvalue weighted by Crippen LogP contribution is 2.14. The molecule has 0 radical (unpaired) electrons. The molecule has 28 heavy (non-hydrogen) atoms. The molecule has 0 spiro atoms. The highest BCUT2D eigenvalue weighted by molar-refractivity contribution is 5.99. The summed E-state index contributed by atoms with van der Waals surface area (Å²) in [6.07, 6.45) is 0. The number of aryl methyl sites for hydroxylation is 1. The zero-order valence-electron chi connectivity index (χ0n) is 15.6. The van der Waals surface area contributed by atoms with Crippen LogP contribution in [0, 0.1) is 17.0 Å². The lowest BCUT2D eigenvalue weighted by atomic mass is 10.1. The molecule has 8 heteroatoms. The minimum Gasteiger partial charge on any atom is -0.350 e. The molecule has 0 saturated heterocycles. The van der Waals surface area contributed by atoms with Crippen LogP contribution in [0.1, 0.15) is 23.7 Å². The van der Waals surface area contributed by atoms with Crippen molar-refractivity contribution in [3.63, 3.8) is 0 Å². The highest BCUT2D eigenvalue weighted by atomic mass is 16.6. The molecule has 142 valence electrons. The average molecular weight is 376 g/mol. The summed E-state index contributed by atoms with van der Waals surface area (Å²) in [6.45, 7) is 4.32. The van der Waals surface area contributed by atoms with E-state index in [-0.39, 0.29) is 5.69 Å². The van der Waals surface area contributed by atoms with Crippen LogP contribution in [0.15, 0.2) is 65.8 Å². The number of nitrogens with one attached hydrogen (secondary N) is 2. The number of aromatic nitrogens is 2. The predicted molar refractivity (Wildman–Crippen MR) is 109 cm³/mol. The Morgan fingerprint density at radius 3 is 2.50 bits per heavy atom. The topological polar surface area (TPSA) is 105 Å². The summed E-state index contributed by atoms with van der Waals surface area (Å²) in [6, 6.07) is 18.0. The van der Waals surface area contributed by atoms with E-state index >= 15 is 0 Å². The number of nitro benzene ring substituents is 1. The standard InChI is InChI=1S/C20H20N6O2/c1-14-12-19(23-20(22-14)21-13-16-6-4-3-5-7-16)25-24-15(2)17-8-10-18(11-9-17)26(27)28/h3-12H,13H2,1-2H3,(H2,21,22,23,25)/b24-15+. The van der Waals surface area contributed by atoms with Crippen LogP contribution in [0.4, 0.5) is 17.5 Å². The Morgan fingerprint density at radius 1 is 1.11 bits per heavy atom. The number of anilines is 2. The first-order valence-corrected chi connectivity index (χ1v) is 8.70. The predicted octanol–water partition coefficient (Wildman–Crippen LogP) is 4.14. The van der Waals surface area contributed by atoms with Crippen molar-refractivity contribution >= 4 is 23.2 Å². The SMILES string of the molecule is C/C(=N\Nc1cc(C)nc(NCc2ccccc2)n1)c1ccc([N+](=O)[O-])cc1. The van der Waals surface area contributed by atoms with E-state index in [0.717, 1.165) is 16.8 Å². The van der Waals surface area contributed by atoms with Crippen LogP contribution in [0.25, 0.3) is 0 Å². The summed E-state index contributed by atoms with van der Waals surface area (Å²) >= 11 is 0. The lowest BCUT2D eigenvalue weighted by Crippen LogP contribution is -2.07. The number of hydrazone groups is 1. The fraction of sp³-hybridized carbons (Fsp3) is 0.150. The van der Waals surface area contributed by atoms with Gasteiger partial charge in [0.05, 0.1) is 10.6 Å². The fourth-order valence-corrected chi connectivity index (χ4v) is 2.51. The first-order valence-electron chi connectivity index (χ1n) is 8.70. The average Bonchev–Trinajstić information content (AvgIpc) is 2.71. The lowest BCUT2D eigenvalue weighted by molar-refractivity contribution is -0.384. The number of benzene rings is 2. The van der Waals surface area contributed by atoms with Gasteiger partial charge in [0.25, 0.3) is 5.69 Å². The van der Waals surface area contributed by atoms with Gasteiger partial charge < -0.3 is 5.32 Å². The van der Waals surface area contributed by atoms with Gasteiger partial charge in [0.2, 0.25) is 5.95 Å². The lowest BCUT2D eigenvalue weighted by Gasteiger charge is -2.08. The number of hydrogen-bond donors (Lipinski definition) is 2. The van der Waals surface area contributed by atoms with Gasteiger partial charge in [-0.3, -0.25) is 15.5 Å². The van der Waals surface area contributed by atoms with Crippen molar-refractivity contribution < 1.29 is 4.92 Å². The largest absolute Gasteiger partial charge is 0.350 e. The van der Waals surface area contributed by atoms with Crippen LogP contribution in [0.2, 0.25) is 0 Å². The normalized spacial score (nSPS) is 11.1. The van der Waals surface area contributed by atoms with Gasteiger partial charge in [0, 0.05) is 30.4 Å². The van der Waals surface area contributed by atoms with Crippen molar-refractivity contribution in [3.8, 4) is 0 Å². The van der Waals surface area contributed by atoms with E-state index in [1.165, 1.54) is 12.1 Å². The van der Waals surface area contributed by atoms with Gasteiger partial charge in [-0.15, -0.1) is 0 Å². The molecular formula is C20H20N6O2. The summed E-state index contributed by atoms with van der Waals surface area (Å²) < 4.78 is 0. The second kappa shape index (κ2) is 8.72. The summed E-state index contributed by atoms with van der Waals surface area (Å²) in [5, 5.41) is 18.3. The molecule has 3 aromatic rings. The molecule has 3 rings (SSSR count). The van der Waals surface area contributed by atoms with E-state index in [2.05, 4.69) is 25.8 Å². The van der Waals surface area contributed by atoms with Gasteiger partial charge in [-0.1, -0.05) is 30.3 Å². The van der Waals surface area contributed by atoms with Crippen LogP contribution >= 0.6 is 0 Å². The van der Waals surface area contributed by atoms with E-state index in [1.54, 1.807) is 18.2 Å². The number of rotatable bonds is 7. The zero-order valence-corrected chi connectivity index (χ0v) is 15.6. The van der Waals surface area contributed by atoms with Crippen LogP contribution in [-0.4, -0.2) is 20.6 Å². The van der Waals surface area contributed by atoms with E-state index in [0.29, 0.717) is 24.0 Å². The monoisotopic (exact) mass is 376 g/mol. The quantitative estimate of drug-likeness (QED) is 0.365. The third-order valence-corrected chi connectivity index (χ3v) is 3.98. The van der Waals surface area contributed by atoms with Gasteiger partial charge >= 0.3 is 0 Å². The molecule has 0 unspecified atom stereocenters. The highest BCUT2D eigenvalue weighted by Gasteiger charge is 2.06. The third kappa shape index (κ3) is 5.10. The molecule has 0 aliphatic heterocycles. The van der Waals surface area contributed by atoms with Gasteiger partial charge in [-0.2, -0.15) is 10.1 Å². The molecule has 0 saturated carbocycles. The summed E-state index contributed by atoms with van der Waals surface area (Å²) in [5.41, 5.74) is 6.37. The Kier molecular flexibility index (Phi) is 5.91. The Bertz CT molecular complexity index is 987. The molecule has 1 aromatic heterocycles. The summed E-state index contributed by atoms with van der Waals surface area (Å²) in [4.78, 5) is 19.1. The number of non-ortho nitro benzene ring substituents is 1. The first kappa shape index (κ1) is 19.0. The van der Waals surface area contributed by atoms with Crippen molar-refractivity contribution in [2.24, 2.45) is 5.10 Å². The molecule has 0 aliphatic carbocycles. The Labute approximate surface area is 162 Å². The second-order valence-corrected chi connectivity index (χ2v) is 6.17. The summed E-state index contributed by atoms with van der Waals surface area (Å²) in [7, 11) is 0. The Balaban J connectivity index is 1.68. The van der Waals surface area contributed by atoms with Gasteiger partial charge in [0.15, 0.2) is 5.82 Å². The van der Waals surface area contributed by atoms with E-state index < -0.39 is 4.92 Å². The van der Waals surface area contributed by atoms with Crippen molar-refractivity contribution in [2.75, 3.05) is 10.7 Å². The number of nitrogens with zero attached hydrogens (tertiary/aromatic N) is 4. The minimum absolute atomic E-state index is 0.0464. The second-order valence-electron chi connectivity index (χ2n) is 6.17. The minimum atomic E-state index is -0.428. The Morgan fingerprint density at radius 2 is 1.82 bits per heavy atom. The summed E-state index contributed by atoms with van der Waals surface area (Å²) in [5.74, 6) is 1.07. The van der Waals surface area contributed by atoms with Crippen molar-refractivity contribution in [3.05, 3.63) is 87.6 Å². The fourth-order valence-electron chi connectivity index (χ4n) is 2.51. The molecule has 8 nitrogen and oxygen atoms in total. The zero-order chi connectivity index (χ0) is 19.9. The van der Waals surface area contributed by atoms with Crippen molar-refractivity contribution in [2.45, 2.75) is 20.4 Å². The molecule has 0 fully saturated rings. The maximum atomic E-state index is 10.7. The van der Waals surface area contributed by atoms with E-state index in [9.17, 15) is 10.1 Å². The molecule has 1 heterocycles. The molecule has 0 amide bonds. The van der Waals surface area contributed by atoms with Crippen LogP contribution < -0.4 is 10.7 Å². The molecule has 2 N–H and O–H groups in total. The smallest absolute Gasteiger partial charge is 0.269 e. The first-order chi connectivity index (χ1) is 13.5. The number of nitro groups is 1. The van der Waals surface area contributed by atoms with E-state index in [4.69, 9.17) is 0 Å². The molecular weight excluding hydrogens is 356 g/mol. The van der Waals surface area contributed by atoms with Gasteiger partial charge in [-0.25, -0.2) is 4.98 Å². The third-order valence-electron chi connectivity index (χ3n) is 3.98.